The topological polar surface area (TPSA) is 49.9 Å². The summed E-state index contributed by atoms with van der Waals surface area (Å²) in [5, 5.41) is 0. The first-order chi connectivity index (χ1) is 12.0. The quantitative estimate of drug-likeness (QED) is 0.796. The van der Waals surface area contributed by atoms with E-state index >= 15 is 0 Å². The van der Waals surface area contributed by atoms with E-state index in [0.29, 0.717) is 32.5 Å². The third-order valence-corrected chi connectivity index (χ3v) is 4.72. The molecule has 1 fully saturated rings. The SMILES string of the molecule is CCCCC(=O)N1CCCN(C(=O)Cc2cc(C)ccc2OC)CC1. The number of hydrogen-bond acceptors (Lipinski definition) is 3. The van der Waals surface area contributed by atoms with Gasteiger partial charge in [-0.1, -0.05) is 31.0 Å². The summed E-state index contributed by atoms with van der Waals surface area (Å²) in [6.07, 6.45) is 3.77. The van der Waals surface area contributed by atoms with Gasteiger partial charge in [-0.2, -0.15) is 0 Å². The van der Waals surface area contributed by atoms with Gasteiger partial charge in [-0.05, 0) is 25.8 Å². The van der Waals surface area contributed by atoms with Crippen molar-refractivity contribution >= 4 is 11.8 Å². The maximum Gasteiger partial charge on any atom is 0.227 e. The number of amides is 2. The van der Waals surface area contributed by atoms with Crippen molar-refractivity contribution in [1.82, 2.24) is 9.80 Å². The molecule has 0 bridgehead atoms. The van der Waals surface area contributed by atoms with Crippen molar-refractivity contribution in [2.45, 2.75) is 46.0 Å². The van der Waals surface area contributed by atoms with Crippen LogP contribution in [0.2, 0.25) is 0 Å². The van der Waals surface area contributed by atoms with Gasteiger partial charge in [-0.25, -0.2) is 0 Å². The Balaban J connectivity index is 1.95. The minimum atomic E-state index is 0.103. The van der Waals surface area contributed by atoms with Gasteiger partial charge in [-0.15, -0.1) is 0 Å². The van der Waals surface area contributed by atoms with Crippen LogP contribution in [0.3, 0.4) is 0 Å². The highest BCUT2D eigenvalue weighted by molar-refractivity contribution is 5.80. The summed E-state index contributed by atoms with van der Waals surface area (Å²) >= 11 is 0. The Morgan fingerprint density at radius 1 is 1.08 bits per heavy atom. The first-order valence-electron chi connectivity index (χ1n) is 9.24. The predicted molar refractivity (Wildman–Crippen MR) is 98.7 cm³/mol. The first-order valence-corrected chi connectivity index (χ1v) is 9.24. The number of benzene rings is 1. The van der Waals surface area contributed by atoms with Crippen molar-refractivity contribution in [2.24, 2.45) is 0 Å². The van der Waals surface area contributed by atoms with E-state index in [2.05, 4.69) is 6.92 Å². The van der Waals surface area contributed by atoms with Gasteiger partial charge in [0.05, 0.1) is 13.5 Å². The molecule has 1 saturated heterocycles. The standard InChI is InChI=1S/C20H30N2O3/c1-4-5-7-19(23)21-10-6-11-22(13-12-21)20(24)15-17-14-16(2)8-9-18(17)25-3/h8-9,14H,4-7,10-13,15H2,1-3H3. The second kappa shape index (κ2) is 9.44. The molecule has 2 rings (SSSR count). The number of rotatable bonds is 6. The third kappa shape index (κ3) is 5.48. The van der Waals surface area contributed by atoms with Crippen LogP contribution in [0.5, 0.6) is 5.75 Å². The molecule has 1 heterocycles. The molecule has 0 radical (unpaired) electrons. The van der Waals surface area contributed by atoms with Crippen molar-refractivity contribution in [3.05, 3.63) is 29.3 Å². The summed E-state index contributed by atoms with van der Waals surface area (Å²) in [7, 11) is 1.63. The Bertz CT molecular complexity index is 601. The molecule has 2 amide bonds. The van der Waals surface area contributed by atoms with E-state index in [9.17, 15) is 9.59 Å². The lowest BCUT2D eigenvalue weighted by atomic mass is 10.1. The highest BCUT2D eigenvalue weighted by Crippen LogP contribution is 2.21. The molecule has 0 saturated carbocycles. The van der Waals surface area contributed by atoms with Gasteiger partial charge in [-0.3, -0.25) is 9.59 Å². The maximum absolute atomic E-state index is 12.7. The van der Waals surface area contributed by atoms with E-state index in [4.69, 9.17) is 4.74 Å². The third-order valence-electron chi connectivity index (χ3n) is 4.72. The van der Waals surface area contributed by atoms with Gasteiger partial charge in [0.15, 0.2) is 0 Å². The number of aryl methyl sites for hydroxylation is 1. The van der Waals surface area contributed by atoms with E-state index in [0.717, 1.165) is 42.7 Å². The summed E-state index contributed by atoms with van der Waals surface area (Å²) in [4.78, 5) is 28.7. The van der Waals surface area contributed by atoms with Gasteiger partial charge >= 0.3 is 0 Å². The molecule has 1 aromatic rings. The largest absolute Gasteiger partial charge is 0.496 e. The van der Waals surface area contributed by atoms with Gasteiger partial charge in [0, 0.05) is 38.2 Å². The Morgan fingerprint density at radius 3 is 2.40 bits per heavy atom. The molecule has 138 valence electrons. The normalized spacial score (nSPS) is 15.0. The van der Waals surface area contributed by atoms with E-state index in [1.54, 1.807) is 7.11 Å². The average molecular weight is 346 g/mol. The molecule has 0 N–H and O–H groups in total. The van der Waals surface area contributed by atoms with Crippen LogP contribution in [0.25, 0.3) is 0 Å². The molecule has 25 heavy (non-hydrogen) atoms. The van der Waals surface area contributed by atoms with Crippen molar-refractivity contribution in [3.63, 3.8) is 0 Å². The molecule has 1 aromatic carbocycles. The predicted octanol–water partition coefficient (Wildman–Crippen LogP) is 2.80. The van der Waals surface area contributed by atoms with Crippen LogP contribution in [0.4, 0.5) is 0 Å². The number of carbonyl (C=O) groups is 2. The number of hydrogen-bond donors (Lipinski definition) is 0. The van der Waals surface area contributed by atoms with Crippen molar-refractivity contribution in [2.75, 3.05) is 33.3 Å². The lowest BCUT2D eigenvalue weighted by molar-refractivity contribution is -0.133. The molecular weight excluding hydrogens is 316 g/mol. The number of nitrogens with zero attached hydrogens (tertiary/aromatic N) is 2. The van der Waals surface area contributed by atoms with E-state index in [1.165, 1.54) is 0 Å². The summed E-state index contributed by atoms with van der Waals surface area (Å²) in [5.41, 5.74) is 2.04. The molecule has 5 heteroatoms. The highest BCUT2D eigenvalue weighted by Gasteiger charge is 2.22. The Labute approximate surface area is 150 Å². The van der Waals surface area contributed by atoms with Crippen molar-refractivity contribution in [1.29, 1.82) is 0 Å². The fraction of sp³-hybridized carbons (Fsp3) is 0.600. The molecule has 0 unspecified atom stereocenters. The summed E-state index contributed by atoms with van der Waals surface area (Å²) < 4.78 is 5.38. The summed E-state index contributed by atoms with van der Waals surface area (Å²) in [6.45, 7) is 6.82. The van der Waals surface area contributed by atoms with E-state index in [1.807, 2.05) is 34.9 Å². The first kappa shape index (κ1) is 19.3. The maximum atomic E-state index is 12.7. The molecule has 0 atom stereocenters. The zero-order chi connectivity index (χ0) is 18.2. The summed E-state index contributed by atoms with van der Waals surface area (Å²) in [5.74, 6) is 1.08. The lowest BCUT2D eigenvalue weighted by Gasteiger charge is -2.22. The molecule has 0 spiro atoms. The Kier molecular flexibility index (Phi) is 7.29. The zero-order valence-corrected chi connectivity index (χ0v) is 15.7. The minimum absolute atomic E-state index is 0.103. The number of methoxy groups -OCH3 is 1. The number of carbonyl (C=O) groups excluding carboxylic acids is 2. The number of unbranched alkanes of at least 4 members (excludes halogenated alkanes) is 1. The smallest absolute Gasteiger partial charge is 0.227 e. The molecular formula is C20H30N2O3. The van der Waals surface area contributed by atoms with Crippen LogP contribution in [0.15, 0.2) is 18.2 Å². The van der Waals surface area contributed by atoms with E-state index < -0.39 is 0 Å². The van der Waals surface area contributed by atoms with Crippen molar-refractivity contribution < 1.29 is 14.3 Å². The zero-order valence-electron chi connectivity index (χ0n) is 15.7. The van der Waals surface area contributed by atoms with Gasteiger partial charge in [0.25, 0.3) is 0 Å². The highest BCUT2D eigenvalue weighted by atomic mass is 16.5. The molecule has 0 aliphatic carbocycles. The minimum Gasteiger partial charge on any atom is -0.496 e. The van der Waals surface area contributed by atoms with E-state index in [-0.39, 0.29) is 11.8 Å². The van der Waals surface area contributed by atoms with Crippen LogP contribution in [0, 0.1) is 6.92 Å². The molecule has 1 aliphatic heterocycles. The van der Waals surface area contributed by atoms with Crippen LogP contribution < -0.4 is 4.74 Å². The molecule has 1 aliphatic rings. The van der Waals surface area contributed by atoms with Gasteiger partial charge in [0.1, 0.15) is 5.75 Å². The fourth-order valence-corrected chi connectivity index (χ4v) is 3.22. The molecule has 5 nitrogen and oxygen atoms in total. The molecule has 0 aromatic heterocycles. The van der Waals surface area contributed by atoms with Crippen LogP contribution in [-0.4, -0.2) is 54.9 Å². The Morgan fingerprint density at radius 2 is 1.76 bits per heavy atom. The second-order valence-electron chi connectivity index (χ2n) is 6.71. The fourth-order valence-electron chi connectivity index (χ4n) is 3.22. The summed E-state index contributed by atoms with van der Waals surface area (Å²) in [6, 6.07) is 5.90. The second-order valence-corrected chi connectivity index (χ2v) is 6.71. The number of ether oxygens (including phenoxy) is 1. The van der Waals surface area contributed by atoms with Gasteiger partial charge in [0.2, 0.25) is 11.8 Å². The lowest BCUT2D eigenvalue weighted by Crippen LogP contribution is -2.37. The Hall–Kier alpha value is -2.04. The van der Waals surface area contributed by atoms with Gasteiger partial charge < -0.3 is 14.5 Å². The van der Waals surface area contributed by atoms with Crippen LogP contribution in [0.1, 0.15) is 43.7 Å². The van der Waals surface area contributed by atoms with Crippen molar-refractivity contribution in [3.8, 4) is 5.75 Å². The van der Waals surface area contributed by atoms with Crippen LogP contribution in [-0.2, 0) is 16.0 Å². The van der Waals surface area contributed by atoms with Crippen LogP contribution >= 0.6 is 0 Å². The average Bonchev–Trinajstić information content (AvgIpc) is 2.86. The monoisotopic (exact) mass is 346 g/mol.